The van der Waals surface area contributed by atoms with Gasteiger partial charge in [-0.05, 0) is 67.7 Å². The zero-order valence-electron chi connectivity index (χ0n) is 18.7. The lowest BCUT2D eigenvalue weighted by molar-refractivity contribution is -0.121. The van der Waals surface area contributed by atoms with E-state index in [2.05, 4.69) is 12.1 Å². The highest BCUT2D eigenvalue weighted by Gasteiger charge is 2.30. The number of halogens is 1. The molecule has 0 spiro atoms. The number of carbonyl (C=O) groups is 1. The SMILES string of the molecule is CCN1C(=O)C(=Cc2cc(Cl)ccc2OCCOc2ccc(C3CCCCC3)cc2)SC1=S. The normalized spacial score (nSPS) is 18.2. The molecule has 33 heavy (non-hydrogen) atoms. The minimum absolute atomic E-state index is 0.0848. The standard InChI is InChI=1S/C26H28ClNO3S2/c1-2-28-25(29)24(33-26(28)32)17-20-16-21(27)10-13-23(20)31-15-14-30-22-11-8-19(9-12-22)18-6-4-3-5-7-18/h8-13,16-18H,2-7,14-15H2,1H3. The predicted molar refractivity (Wildman–Crippen MR) is 140 cm³/mol. The first-order valence-electron chi connectivity index (χ1n) is 11.5. The number of likely N-dealkylation sites (N-methyl/N-ethyl adjacent to an activating group) is 1. The molecule has 1 saturated heterocycles. The molecule has 2 aromatic rings. The number of thioether (sulfide) groups is 1. The third-order valence-electron chi connectivity index (χ3n) is 6.01. The molecule has 0 bridgehead atoms. The van der Waals surface area contributed by atoms with Crippen LogP contribution in [0.2, 0.25) is 5.02 Å². The van der Waals surface area contributed by atoms with E-state index in [0.29, 0.717) is 45.7 Å². The molecular formula is C26H28ClNO3S2. The van der Waals surface area contributed by atoms with E-state index in [0.717, 1.165) is 11.3 Å². The Labute approximate surface area is 210 Å². The van der Waals surface area contributed by atoms with Gasteiger partial charge in [-0.2, -0.15) is 0 Å². The van der Waals surface area contributed by atoms with Gasteiger partial charge in [-0.15, -0.1) is 0 Å². The summed E-state index contributed by atoms with van der Waals surface area (Å²) in [6, 6.07) is 13.9. The van der Waals surface area contributed by atoms with Crippen molar-refractivity contribution in [1.82, 2.24) is 4.90 Å². The van der Waals surface area contributed by atoms with E-state index in [1.54, 1.807) is 23.1 Å². The van der Waals surface area contributed by atoms with Crippen LogP contribution in [-0.4, -0.2) is 34.9 Å². The lowest BCUT2D eigenvalue weighted by atomic mass is 9.84. The Kier molecular flexibility index (Phi) is 8.34. The van der Waals surface area contributed by atoms with E-state index < -0.39 is 0 Å². The average Bonchev–Trinajstić information content (AvgIpc) is 3.10. The lowest BCUT2D eigenvalue weighted by Crippen LogP contribution is -2.27. The Morgan fingerprint density at radius 1 is 1.09 bits per heavy atom. The third kappa shape index (κ3) is 6.11. The fourth-order valence-electron chi connectivity index (χ4n) is 4.26. The summed E-state index contributed by atoms with van der Waals surface area (Å²) in [6.45, 7) is 3.26. The van der Waals surface area contributed by atoms with Crippen molar-refractivity contribution in [1.29, 1.82) is 0 Å². The molecule has 1 aliphatic carbocycles. The molecule has 1 amide bonds. The van der Waals surface area contributed by atoms with Gasteiger partial charge < -0.3 is 9.47 Å². The van der Waals surface area contributed by atoms with Crippen molar-refractivity contribution in [2.75, 3.05) is 19.8 Å². The van der Waals surface area contributed by atoms with Crippen LogP contribution in [-0.2, 0) is 4.79 Å². The van der Waals surface area contributed by atoms with Gasteiger partial charge in [-0.1, -0.05) is 67.0 Å². The summed E-state index contributed by atoms with van der Waals surface area (Å²) in [5, 5.41) is 0.578. The molecule has 2 aromatic carbocycles. The van der Waals surface area contributed by atoms with E-state index in [1.165, 1.54) is 49.4 Å². The van der Waals surface area contributed by atoms with Gasteiger partial charge in [0.05, 0.1) is 4.91 Å². The fraction of sp³-hybridized carbons (Fsp3) is 0.385. The van der Waals surface area contributed by atoms with Gasteiger partial charge in [0.25, 0.3) is 5.91 Å². The zero-order valence-corrected chi connectivity index (χ0v) is 21.1. The van der Waals surface area contributed by atoms with Crippen molar-refractivity contribution in [2.45, 2.75) is 44.9 Å². The molecular weight excluding hydrogens is 474 g/mol. The molecule has 1 aliphatic heterocycles. The highest BCUT2D eigenvalue weighted by Crippen LogP contribution is 2.35. The van der Waals surface area contributed by atoms with Crippen LogP contribution in [0.15, 0.2) is 47.4 Å². The zero-order chi connectivity index (χ0) is 23.2. The van der Waals surface area contributed by atoms with Gasteiger partial charge in [0.2, 0.25) is 0 Å². The predicted octanol–water partition coefficient (Wildman–Crippen LogP) is 7.07. The maximum Gasteiger partial charge on any atom is 0.266 e. The molecule has 0 N–H and O–H groups in total. The maximum atomic E-state index is 12.5. The molecule has 0 aromatic heterocycles. The van der Waals surface area contributed by atoms with Gasteiger partial charge >= 0.3 is 0 Å². The first-order valence-corrected chi connectivity index (χ1v) is 13.1. The number of carbonyl (C=O) groups excluding carboxylic acids is 1. The Balaban J connectivity index is 1.34. The van der Waals surface area contributed by atoms with E-state index in [-0.39, 0.29) is 5.91 Å². The lowest BCUT2D eigenvalue weighted by Gasteiger charge is -2.22. The van der Waals surface area contributed by atoms with E-state index in [9.17, 15) is 4.79 Å². The number of rotatable bonds is 8. The largest absolute Gasteiger partial charge is 0.490 e. The number of benzene rings is 2. The second kappa shape index (κ2) is 11.4. The van der Waals surface area contributed by atoms with Crippen molar-refractivity contribution in [3.8, 4) is 11.5 Å². The van der Waals surface area contributed by atoms with Gasteiger partial charge in [0.15, 0.2) is 0 Å². The van der Waals surface area contributed by atoms with Crippen LogP contribution in [0.3, 0.4) is 0 Å². The Morgan fingerprint density at radius 2 is 1.82 bits per heavy atom. The number of ether oxygens (including phenoxy) is 2. The molecule has 0 unspecified atom stereocenters. The molecule has 0 atom stereocenters. The van der Waals surface area contributed by atoms with Crippen molar-refractivity contribution >= 4 is 51.9 Å². The quantitative estimate of drug-likeness (QED) is 0.220. The highest BCUT2D eigenvalue weighted by molar-refractivity contribution is 8.26. The molecule has 0 radical (unpaired) electrons. The van der Waals surface area contributed by atoms with Crippen molar-refractivity contribution < 1.29 is 14.3 Å². The Hall–Kier alpha value is -2.02. The minimum atomic E-state index is -0.0848. The van der Waals surface area contributed by atoms with Gasteiger partial charge in [-0.25, -0.2) is 0 Å². The van der Waals surface area contributed by atoms with Crippen molar-refractivity contribution in [3.63, 3.8) is 0 Å². The van der Waals surface area contributed by atoms with Gasteiger partial charge in [0.1, 0.15) is 29.0 Å². The summed E-state index contributed by atoms with van der Waals surface area (Å²) in [7, 11) is 0. The summed E-state index contributed by atoms with van der Waals surface area (Å²) in [6.07, 6.45) is 8.41. The van der Waals surface area contributed by atoms with Crippen molar-refractivity contribution in [3.05, 3.63) is 63.5 Å². The van der Waals surface area contributed by atoms with Gasteiger partial charge in [0, 0.05) is 17.1 Å². The molecule has 174 valence electrons. The monoisotopic (exact) mass is 501 g/mol. The van der Waals surface area contributed by atoms with Crippen LogP contribution in [0.25, 0.3) is 6.08 Å². The van der Waals surface area contributed by atoms with E-state index in [1.807, 2.05) is 25.1 Å². The molecule has 1 saturated carbocycles. The second-order valence-electron chi connectivity index (χ2n) is 8.21. The van der Waals surface area contributed by atoms with Crippen LogP contribution in [0, 0.1) is 0 Å². The topological polar surface area (TPSA) is 38.8 Å². The summed E-state index contributed by atoms with van der Waals surface area (Å²) >= 11 is 12.8. The van der Waals surface area contributed by atoms with Crippen LogP contribution < -0.4 is 9.47 Å². The molecule has 4 rings (SSSR count). The smallest absolute Gasteiger partial charge is 0.266 e. The summed E-state index contributed by atoms with van der Waals surface area (Å²) in [4.78, 5) is 14.7. The Morgan fingerprint density at radius 3 is 2.52 bits per heavy atom. The number of hydrogen-bond acceptors (Lipinski definition) is 5. The molecule has 2 aliphatic rings. The number of nitrogens with zero attached hydrogens (tertiary/aromatic N) is 1. The fourth-order valence-corrected chi connectivity index (χ4v) is 5.82. The number of thiocarbonyl (C=S) groups is 1. The Bertz CT molecular complexity index is 1030. The minimum Gasteiger partial charge on any atom is -0.490 e. The summed E-state index contributed by atoms with van der Waals surface area (Å²) in [5.41, 5.74) is 2.16. The van der Waals surface area contributed by atoms with Gasteiger partial charge in [-0.3, -0.25) is 9.69 Å². The molecule has 7 heteroatoms. The summed E-state index contributed by atoms with van der Waals surface area (Å²) in [5.74, 6) is 2.10. The third-order valence-corrected chi connectivity index (χ3v) is 7.63. The molecule has 1 heterocycles. The van der Waals surface area contributed by atoms with Crippen LogP contribution >= 0.6 is 35.6 Å². The molecule has 4 nitrogen and oxygen atoms in total. The maximum absolute atomic E-state index is 12.5. The van der Waals surface area contributed by atoms with Crippen LogP contribution in [0.5, 0.6) is 11.5 Å². The second-order valence-corrected chi connectivity index (χ2v) is 10.3. The van der Waals surface area contributed by atoms with E-state index >= 15 is 0 Å². The van der Waals surface area contributed by atoms with E-state index in [4.69, 9.17) is 33.3 Å². The van der Waals surface area contributed by atoms with Crippen LogP contribution in [0.4, 0.5) is 0 Å². The molecule has 2 fully saturated rings. The average molecular weight is 502 g/mol. The van der Waals surface area contributed by atoms with Crippen molar-refractivity contribution in [2.24, 2.45) is 0 Å². The highest BCUT2D eigenvalue weighted by atomic mass is 35.5. The van der Waals surface area contributed by atoms with Crippen LogP contribution in [0.1, 0.15) is 56.1 Å². The first kappa shape index (κ1) is 24.1. The number of amides is 1. The number of hydrogen-bond donors (Lipinski definition) is 0. The first-order chi connectivity index (χ1) is 16.0. The summed E-state index contributed by atoms with van der Waals surface area (Å²) < 4.78 is 12.4.